The molecule has 2 aliphatic heterocycles. The van der Waals surface area contributed by atoms with Crippen molar-refractivity contribution in [3.05, 3.63) is 22.2 Å². The molecule has 142 valence electrons. The van der Waals surface area contributed by atoms with Crippen LogP contribution in [0.3, 0.4) is 0 Å². The normalized spacial score (nSPS) is 22.4. The number of ether oxygens (including phenoxy) is 1. The van der Waals surface area contributed by atoms with Crippen molar-refractivity contribution >= 4 is 28.8 Å². The van der Waals surface area contributed by atoms with Crippen molar-refractivity contribution in [2.45, 2.75) is 31.3 Å². The number of rotatable bonds is 6. The topological polar surface area (TPSA) is 143 Å². The van der Waals surface area contributed by atoms with Crippen LogP contribution in [0.5, 0.6) is 0 Å². The first-order chi connectivity index (χ1) is 12.5. The van der Waals surface area contributed by atoms with Gasteiger partial charge in [0, 0.05) is 31.8 Å². The maximum Gasteiger partial charge on any atom is 0.404 e. The van der Waals surface area contributed by atoms with Crippen LogP contribution in [0.15, 0.2) is 12.1 Å². The van der Waals surface area contributed by atoms with Crippen molar-refractivity contribution in [2.75, 3.05) is 42.3 Å². The van der Waals surface area contributed by atoms with E-state index in [2.05, 4.69) is 10.6 Å². The van der Waals surface area contributed by atoms with Gasteiger partial charge in [-0.15, -0.1) is 0 Å². The Morgan fingerprint density at radius 3 is 2.92 bits per heavy atom. The molecule has 0 aliphatic carbocycles. The van der Waals surface area contributed by atoms with Crippen LogP contribution in [0, 0.1) is 10.1 Å². The largest absolute Gasteiger partial charge is 0.465 e. The SMILES string of the molecule is Nc1c(N[C@@H]2CCOC2)ccc([N+](=O)[O-])c1N1CCC[C@H]1CNC(=O)O. The molecule has 0 unspecified atom stereocenters. The van der Waals surface area contributed by atoms with E-state index in [-0.39, 0.29) is 24.3 Å². The zero-order chi connectivity index (χ0) is 18.7. The number of carbonyl (C=O) groups is 1. The molecule has 1 amide bonds. The molecule has 10 nitrogen and oxygen atoms in total. The second kappa shape index (κ2) is 7.65. The number of carboxylic acid groups (broad SMARTS) is 1. The summed E-state index contributed by atoms with van der Waals surface area (Å²) in [6.07, 6.45) is 1.29. The Balaban J connectivity index is 1.91. The maximum atomic E-state index is 11.5. The molecule has 2 atom stereocenters. The molecule has 26 heavy (non-hydrogen) atoms. The van der Waals surface area contributed by atoms with Crippen molar-refractivity contribution < 1.29 is 19.6 Å². The van der Waals surface area contributed by atoms with E-state index in [1.807, 2.05) is 4.90 Å². The van der Waals surface area contributed by atoms with Crippen LogP contribution >= 0.6 is 0 Å². The summed E-state index contributed by atoms with van der Waals surface area (Å²) in [5.41, 5.74) is 7.55. The second-order valence-corrected chi connectivity index (χ2v) is 6.53. The minimum absolute atomic E-state index is 0.0713. The van der Waals surface area contributed by atoms with Crippen LogP contribution in [0.2, 0.25) is 0 Å². The van der Waals surface area contributed by atoms with Crippen LogP contribution in [-0.4, -0.2) is 54.5 Å². The summed E-state index contributed by atoms with van der Waals surface area (Å²) in [4.78, 5) is 23.7. The summed E-state index contributed by atoms with van der Waals surface area (Å²) in [7, 11) is 0. The van der Waals surface area contributed by atoms with Gasteiger partial charge in [-0.1, -0.05) is 0 Å². The monoisotopic (exact) mass is 365 g/mol. The number of nitrogens with zero attached hydrogens (tertiary/aromatic N) is 2. The van der Waals surface area contributed by atoms with Gasteiger partial charge in [0.05, 0.1) is 28.9 Å². The van der Waals surface area contributed by atoms with Gasteiger partial charge in [-0.25, -0.2) is 4.79 Å². The zero-order valence-electron chi connectivity index (χ0n) is 14.3. The number of amides is 1. The first kappa shape index (κ1) is 18.1. The number of hydrogen-bond acceptors (Lipinski definition) is 7. The van der Waals surface area contributed by atoms with Crippen molar-refractivity contribution in [2.24, 2.45) is 0 Å². The summed E-state index contributed by atoms with van der Waals surface area (Å²) in [6, 6.07) is 3.02. The lowest BCUT2D eigenvalue weighted by Gasteiger charge is -2.28. The Labute approximate surface area is 150 Å². The van der Waals surface area contributed by atoms with E-state index in [1.165, 1.54) is 6.07 Å². The fourth-order valence-corrected chi connectivity index (χ4v) is 3.59. The Hall–Kier alpha value is -2.75. The molecule has 1 aromatic carbocycles. The summed E-state index contributed by atoms with van der Waals surface area (Å²) in [6.45, 7) is 2.03. The van der Waals surface area contributed by atoms with Crippen LogP contribution in [-0.2, 0) is 4.74 Å². The molecule has 10 heteroatoms. The Kier molecular flexibility index (Phi) is 5.31. The van der Waals surface area contributed by atoms with E-state index in [1.54, 1.807) is 6.07 Å². The first-order valence-electron chi connectivity index (χ1n) is 8.62. The summed E-state index contributed by atoms with van der Waals surface area (Å²) in [5.74, 6) is 0. The minimum atomic E-state index is -1.11. The quantitative estimate of drug-likeness (QED) is 0.338. The second-order valence-electron chi connectivity index (χ2n) is 6.53. The molecule has 0 spiro atoms. The lowest BCUT2D eigenvalue weighted by Crippen LogP contribution is -2.40. The van der Waals surface area contributed by atoms with E-state index >= 15 is 0 Å². The van der Waals surface area contributed by atoms with Gasteiger partial charge >= 0.3 is 6.09 Å². The molecule has 0 bridgehead atoms. The molecule has 0 radical (unpaired) electrons. The molecule has 2 heterocycles. The molecule has 2 aliphatic rings. The van der Waals surface area contributed by atoms with Gasteiger partial charge in [0.15, 0.2) is 0 Å². The van der Waals surface area contributed by atoms with E-state index in [0.717, 1.165) is 19.3 Å². The van der Waals surface area contributed by atoms with Crippen molar-refractivity contribution in [3.8, 4) is 0 Å². The van der Waals surface area contributed by atoms with Crippen LogP contribution < -0.4 is 21.3 Å². The highest BCUT2D eigenvalue weighted by Crippen LogP contribution is 2.42. The number of nitrogens with two attached hydrogens (primary N) is 1. The molecule has 0 aromatic heterocycles. The van der Waals surface area contributed by atoms with E-state index in [4.69, 9.17) is 15.6 Å². The van der Waals surface area contributed by atoms with Crippen LogP contribution in [0.1, 0.15) is 19.3 Å². The molecular weight excluding hydrogens is 342 g/mol. The molecule has 0 saturated carbocycles. The predicted molar refractivity (Wildman–Crippen MR) is 96.8 cm³/mol. The van der Waals surface area contributed by atoms with Gasteiger partial charge in [-0.05, 0) is 25.3 Å². The standard InChI is InChI=1S/C16H23N5O5/c17-14-12(19-10-5-7-26-9-10)3-4-13(21(24)25)15(14)20-6-1-2-11(20)8-18-16(22)23/h3-4,10-11,18-19H,1-2,5-9,17H2,(H,22,23)/t10-,11+/m1/s1. The molecule has 5 N–H and O–H groups in total. The third-order valence-corrected chi connectivity index (χ3v) is 4.84. The highest BCUT2D eigenvalue weighted by atomic mass is 16.6. The molecular formula is C16H23N5O5. The molecule has 2 fully saturated rings. The fraction of sp³-hybridized carbons (Fsp3) is 0.562. The maximum absolute atomic E-state index is 11.5. The Morgan fingerprint density at radius 2 is 2.27 bits per heavy atom. The summed E-state index contributed by atoms with van der Waals surface area (Å²) in [5, 5.41) is 26.0. The highest BCUT2D eigenvalue weighted by Gasteiger charge is 2.33. The third kappa shape index (κ3) is 3.74. The Bertz CT molecular complexity index is 692. The number of nitro benzene ring substituents is 1. The zero-order valence-corrected chi connectivity index (χ0v) is 14.3. The predicted octanol–water partition coefficient (Wildman–Crippen LogP) is 1.61. The number of nitrogen functional groups attached to an aromatic ring is 1. The molecule has 2 saturated heterocycles. The van der Waals surface area contributed by atoms with Gasteiger partial charge in [0.2, 0.25) is 0 Å². The lowest BCUT2D eigenvalue weighted by molar-refractivity contribution is -0.384. The lowest BCUT2D eigenvalue weighted by atomic mass is 10.1. The average molecular weight is 365 g/mol. The Morgan fingerprint density at radius 1 is 1.46 bits per heavy atom. The van der Waals surface area contributed by atoms with Gasteiger partial charge in [0.25, 0.3) is 5.69 Å². The van der Waals surface area contributed by atoms with Gasteiger partial charge in [-0.2, -0.15) is 0 Å². The number of anilines is 3. The van der Waals surface area contributed by atoms with E-state index < -0.39 is 11.0 Å². The molecule has 3 rings (SSSR count). The van der Waals surface area contributed by atoms with Gasteiger partial charge < -0.3 is 31.1 Å². The number of nitro groups is 1. The summed E-state index contributed by atoms with van der Waals surface area (Å²) >= 11 is 0. The van der Waals surface area contributed by atoms with Crippen LogP contribution in [0.25, 0.3) is 0 Å². The fourth-order valence-electron chi connectivity index (χ4n) is 3.59. The summed E-state index contributed by atoms with van der Waals surface area (Å²) < 4.78 is 5.35. The van der Waals surface area contributed by atoms with Crippen molar-refractivity contribution in [1.29, 1.82) is 0 Å². The van der Waals surface area contributed by atoms with Crippen LogP contribution in [0.4, 0.5) is 27.5 Å². The third-order valence-electron chi connectivity index (χ3n) is 4.84. The number of benzene rings is 1. The smallest absolute Gasteiger partial charge is 0.404 e. The first-order valence-corrected chi connectivity index (χ1v) is 8.62. The van der Waals surface area contributed by atoms with Crippen molar-refractivity contribution in [1.82, 2.24) is 5.32 Å². The minimum Gasteiger partial charge on any atom is -0.465 e. The highest BCUT2D eigenvalue weighted by molar-refractivity contribution is 5.88. The van der Waals surface area contributed by atoms with Crippen molar-refractivity contribution in [3.63, 3.8) is 0 Å². The van der Waals surface area contributed by atoms with Gasteiger partial charge in [0.1, 0.15) is 5.69 Å². The average Bonchev–Trinajstić information content (AvgIpc) is 3.25. The van der Waals surface area contributed by atoms with E-state index in [9.17, 15) is 14.9 Å². The van der Waals surface area contributed by atoms with E-state index in [0.29, 0.717) is 36.8 Å². The molecule has 1 aromatic rings. The van der Waals surface area contributed by atoms with Gasteiger partial charge in [-0.3, -0.25) is 10.1 Å². The number of nitrogens with one attached hydrogen (secondary N) is 2. The number of hydrogen-bond donors (Lipinski definition) is 4.